The van der Waals surface area contributed by atoms with Gasteiger partial charge in [0.05, 0.1) is 0 Å². The molecule has 1 rings (SSSR count). The molecular formula is C10H21NS. The maximum atomic E-state index is 3.66. The van der Waals surface area contributed by atoms with E-state index in [0.717, 1.165) is 17.2 Å². The molecule has 1 N–H and O–H groups in total. The largest absolute Gasteiger partial charge is 0.313 e. The fraction of sp³-hybridized carbons (Fsp3) is 1.00. The van der Waals surface area contributed by atoms with E-state index in [4.69, 9.17) is 0 Å². The molecule has 2 heteroatoms. The third-order valence-corrected chi connectivity index (χ3v) is 3.90. The van der Waals surface area contributed by atoms with E-state index in [1.54, 1.807) is 0 Å². The van der Waals surface area contributed by atoms with Crippen LogP contribution in [0.25, 0.3) is 0 Å². The van der Waals surface area contributed by atoms with Crippen LogP contribution in [-0.2, 0) is 0 Å². The maximum absolute atomic E-state index is 3.66. The van der Waals surface area contributed by atoms with E-state index in [2.05, 4.69) is 25.4 Å². The minimum Gasteiger partial charge on any atom is -0.313 e. The van der Waals surface area contributed by atoms with Crippen LogP contribution in [0.2, 0.25) is 0 Å². The van der Waals surface area contributed by atoms with Gasteiger partial charge in [-0.05, 0) is 25.0 Å². The Kier molecular flexibility index (Phi) is 4.44. The molecule has 1 fully saturated rings. The second-order valence-electron chi connectivity index (χ2n) is 3.97. The summed E-state index contributed by atoms with van der Waals surface area (Å²) in [6.07, 6.45) is 6.42. The highest BCUT2D eigenvalue weighted by atomic mass is 32.2. The van der Waals surface area contributed by atoms with Gasteiger partial charge in [0, 0.05) is 17.8 Å². The molecule has 0 aromatic heterocycles. The molecule has 0 saturated heterocycles. The molecule has 1 nitrogen and oxygen atoms in total. The van der Waals surface area contributed by atoms with E-state index in [9.17, 15) is 0 Å². The van der Waals surface area contributed by atoms with Crippen molar-refractivity contribution in [3.8, 4) is 0 Å². The second-order valence-corrected chi connectivity index (χ2v) is 5.25. The van der Waals surface area contributed by atoms with Gasteiger partial charge in [0.25, 0.3) is 0 Å². The van der Waals surface area contributed by atoms with Crippen molar-refractivity contribution in [3.05, 3.63) is 0 Å². The van der Waals surface area contributed by atoms with Crippen molar-refractivity contribution in [1.82, 2.24) is 5.32 Å². The van der Waals surface area contributed by atoms with Gasteiger partial charge in [0.1, 0.15) is 0 Å². The highest BCUT2D eigenvalue weighted by molar-refractivity contribution is 7.99. The summed E-state index contributed by atoms with van der Waals surface area (Å²) in [7, 11) is 0. The van der Waals surface area contributed by atoms with Crippen molar-refractivity contribution in [1.29, 1.82) is 0 Å². The van der Waals surface area contributed by atoms with Crippen molar-refractivity contribution in [2.24, 2.45) is 5.92 Å². The lowest BCUT2D eigenvalue weighted by atomic mass is 10.1. The van der Waals surface area contributed by atoms with Crippen LogP contribution in [0.3, 0.4) is 0 Å². The van der Waals surface area contributed by atoms with E-state index in [-0.39, 0.29) is 0 Å². The van der Waals surface area contributed by atoms with Crippen LogP contribution in [0.1, 0.15) is 33.1 Å². The summed E-state index contributed by atoms with van der Waals surface area (Å²) in [4.78, 5) is 0. The summed E-state index contributed by atoms with van der Waals surface area (Å²) in [5.74, 6) is 0.902. The summed E-state index contributed by atoms with van der Waals surface area (Å²) in [5.41, 5.74) is 0. The zero-order valence-corrected chi connectivity index (χ0v) is 9.29. The number of nitrogens with one attached hydrogen (secondary N) is 1. The number of rotatable bonds is 4. The van der Waals surface area contributed by atoms with Crippen LogP contribution in [0, 0.1) is 5.92 Å². The fourth-order valence-corrected chi connectivity index (χ4v) is 2.11. The number of hydrogen-bond donors (Lipinski definition) is 1. The SMILES string of the molecule is CSC(C)CNC1CCCC1C. The molecule has 0 amide bonds. The molecule has 0 heterocycles. The van der Waals surface area contributed by atoms with Crippen LogP contribution < -0.4 is 5.32 Å². The first kappa shape index (κ1) is 10.4. The molecule has 72 valence electrons. The van der Waals surface area contributed by atoms with Crippen molar-refractivity contribution < 1.29 is 0 Å². The quantitative estimate of drug-likeness (QED) is 0.726. The van der Waals surface area contributed by atoms with Crippen molar-refractivity contribution >= 4 is 11.8 Å². The van der Waals surface area contributed by atoms with E-state index < -0.39 is 0 Å². The van der Waals surface area contributed by atoms with E-state index in [1.165, 1.54) is 25.8 Å². The lowest BCUT2D eigenvalue weighted by Crippen LogP contribution is -2.35. The first-order chi connectivity index (χ1) is 5.74. The highest BCUT2D eigenvalue weighted by Gasteiger charge is 2.22. The van der Waals surface area contributed by atoms with E-state index in [1.807, 2.05) is 11.8 Å². The molecule has 0 radical (unpaired) electrons. The summed E-state index contributed by atoms with van der Waals surface area (Å²) < 4.78 is 0. The zero-order chi connectivity index (χ0) is 8.97. The average Bonchev–Trinajstić information content (AvgIpc) is 2.47. The molecule has 3 atom stereocenters. The summed E-state index contributed by atoms with van der Waals surface area (Å²) in [6.45, 7) is 5.84. The predicted molar refractivity (Wildman–Crippen MR) is 57.8 cm³/mol. The third-order valence-electron chi connectivity index (χ3n) is 2.93. The standard InChI is InChI=1S/C10H21NS/c1-8-5-4-6-10(8)11-7-9(2)12-3/h8-11H,4-7H2,1-3H3. The normalized spacial score (nSPS) is 32.2. The Labute approximate surface area is 80.7 Å². The number of hydrogen-bond acceptors (Lipinski definition) is 2. The van der Waals surface area contributed by atoms with E-state index in [0.29, 0.717) is 0 Å². The Hall–Kier alpha value is 0.310. The second kappa shape index (κ2) is 5.13. The van der Waals surface area contributed by atoms with Gasteiger partial charge in [0.15, 0.2) is 0 Å². The van der Waals surface area contributed by atoms with Crippen LogP contribution in [-0.4, -0.2) is 24.1 Å². The molecule has 0 aromatic rings. The first-order valence-electron chi connectivity index (χ1n) is 5.00. The highest BCUT2D eigenvalue weighted by Crippen LogP contribution is 2.24. The Morgan fingerprint density at radius 1 is 1.50 bits per heavy atom. The Morgan fingerprint density at radius 3 is 2.75 bits per heavy atom. The smallest absolute Gasteiger partial charge is 0.0141 e. The van der Waals surface area contributed by atoms with Crippen molar-refractivity contribution in [3.63, 3.8) is 0 Å². The molecule has 0 aromatic carbocycles. The van der Waals surface area contributed by atoms with Gasteiger partial charge in [-0.2, -0.15) is 11.8 Å². The van der Waals surface area contributed by atoms with Gasteiger partial charge in [-0.1, -0.05) is 20.3 Å². The fourth-order valence-electron chi connectivity index (χ4n) is 1.85. The molecule has 0 bridgehead atoms. The molecule has 12 heavy (non-hydrogen) atoms. The lowest BCUT2D eigenvalue weighted by Gasteiger charge is -2.19. The number of thioether (sulfide) groups is 1. The lowest BCUT2D eigenvalue weighted by molar-refractivity contribution is 0.430. The average molecular weight is 187 g/mol. The molecular weight excluding hydrogens is 166 g/mol. The minimum atomic E-state index is 0.762. The molecule has 3 unspecified atom stereocenters. The molecule has 0 aliphatic heterocycles. The Bertz CT molecular complexity index is 127. The molecule has 0 spiro atoms. The minimum absolute atomic E-state index is 0.762. The summed E-state index contributed by atoms with van der Waals surface area (Å²) in [6, 6.07) is 0.805. The molecule has 1 aliphatic rings. The third kappa shape index (κ3) is 2.98. The topological polar surface area (TPSA) is 12.0 Å². The van der Waals surface area contributed by atoms with Gasteiger partial charge in [-0.3, -0.25) is 0 Å². The van der Waals surface area contributed by atoms with Gasteiger partial charge >= 0.3 is 0 Å². The van der Waals surface area contributed by atoms with E-state index >= 15 is 0 Å². The van der Waals surface area contributed by atoms with Gasteiger partial charge in [-0.25, -0.2) is 0 Å². The summed E-state index contributed by atoms with van der Waals surface area (Å²) in [5, 5.41) is 4.42. The predicted octanol–water partition coefficient (Wildman–Crippen LogP) is 2.52. The van der Waals surface area contributed by atoms with Crippen LogP contribution in [0.4, 0.5) is 0 Å². The summed E-state index contributed by atoms with van der Waals surface area (Å²) >= 11 is 1.95. The first-order valence-corrected chi connectivity index (χ1v) is 6.29. The van der Waals surface area contributed by atoms with Crippen LogP contribution in [0.15, 0.2) is 0 Å². The van der Waals surface area contributed by atoms with Crippen LogP contribution >= 0.6 is 11.8 Å². The van der Waals surface area contributed by atoms with Crippen molar-refractivity contribution in [2.45, 2.75) is 44.4 Å². The Balaban J connectivity index is 2.13. The van der Waals surface area contributed by atoms with Gasteiger partial charge in [0.2, 0.25) is 0 Å². The van der Waals surface area contributed by atoms with Crippen molar-refractivity contribution in [2.75, 3.05) is 12.8 Å². The van der Waals surface area contributed by atoms with Crippen LogP contribution in [0.5, 0.6) is 0 Å². The molecule has 1 aliphatic carbocycles. The molecule has 1 saturated carbocycles. The van der Waals surface area contributed by atoms with Gasteiger partial charge in [-0.15, -0.1) is 0 Å². The maximum Gasteiger partial charge on any atom is 0.0141 e. The zero-order valence-electron chi connectivity index (χ0n) is 8.47. The van der Waals surface area contributed by atoms with Gasteiger partial charge < -0.3 is 5.32 Å². The monoisotopic (exact) mass is 187 g/mol. The Morgan fingerprint density at radius 2 is 2.25 bits per heavy atom.